The maximum atomic E-state index is 13.6. The van der Waals surface area contributed by atoms with Gasteiger partial charge in [-0.1, -0.05) is 0 Å². The van der Waals surface area contributed by atoms with Gasteiger partial charge < -0.3 is 5.32 Å². The Kier molecular flexibility index (Phi) is 4.33. The molecule has 0 unspecified atom stereocenters. The lowest BCUT2D eigenvalue weighted by Crippen LogP contribution is -2.38. The smallest absolute Gasteiger partial charge is 0.275 e. The molecule has 20 heavy (non-hydrogen) atoms. The third-order valence-corrected chi connectivity index (χ3v) is 5.08. The Balaban J connectivity index is 3.04. The van der Waals surface area contributed by atoms with E-state index in [9.17, 15) is 27.3 Å². The van der Waals surface area contributed by atoms with Gasteiger partial charge in [0.1, 0.15) is 5.69 Å². The number of nitro benzene ring substituents is 1. The summed E-state index contributed by atoms with van der Waals surface area (Å²) in [4.78, 5) is 9.52. The largest absolute Gasteiger partial charge is 0.379 e. The van der Waals surface area contributed by atoms with Crippen molar-refractivity contribution in [3.63, 3.8) is 0 Å². The van der Waals surface area contributed by atoms with Crippen LogP contribution in [0.15, 0.2) is 12.1 Å². The Labute approximate surface area is 114 Å². The third-order valence-electron chi connectivity index (χ3n) is 2.93. The number of nitrogens with one attached hydrogen (secondary N) is 1. The second-order valence-electron chi connectivity index (χ2n) is 4.93. The fourth-order valence-corrected chi connectivity index (χ4v) is 1.60. The Morgan fingerprint density at radius 2 is 1.75 bits per heavy atom. The molecule has 0 heterocycles. The van der Waals surface area contributed by atoms with Crippen molar-refractivity contribution in [3.8, 4) is 0 Å². The van der Waals surface area contributed by atoms with E-state index in [0.717, 1.165) is 6.26 Å². The summed E-state index contributed by atoms with van der Waals surface area (Å²) in [6.07, 6.45) is 1.01. The van der Waals surface area contributed by atoms with Gasteiger partial charge in [0.25, 0.3) is 5.69 Å². The highest BCUT2D eigenvalue weighted by atomic mass is 32.2. The molecule has 9 heteroatoms. The summed E-state index contributed by atoms with van der Waals surface area (Å²) in [7, 11) is -3.44. The van der Waals surface area contributed by atoms with Gasteiger partial charge in [-0.15, -0.1) is 0 Å². The zero-order valence-electron chi connectivity index (χ0n) is 11.1. The number of rotatable bonds is 5. The molecule has 6 nitrogen and oxygen atoms in total. The van der Waals surface area contributed by atoms with Gasteiger partial charge in [0.15, 0.2) is 21.5 Å². The first-order valence-corrected chi connectivity index (χ1v) is 7.42. The number of anilines is 1. The molecule has 0 saturated carbocycles. The average molecular weight is 308 g/mol. The van der Waals surface area contributed by atoms with E-state index in [1.54, 1.807) is 0 Å². The van der Waals surface area contributed by atoms with Gasteiger partial charge in [-0.2, -0.15) is 0 Å². The van der Waals surface area contributed by atoms with E-state index in [1.807, 2.05) is 0 Å². The molecule has 0 aliphatic rings. The predicted molar refractivity (Wildman–Crippen MR) is 70.4 cm³/mol. The van der Waals surface area contributed by atoms with Crippen LogP contribution in [-0.4, -0.2) is 30.9 Å². The molecular weight excluding hydrogens is 294 g/mol. The SMILES string of the molecule is CC(C)(CNc1c(F)cc([N+](=O)[O-])cc1F)S(C)(=O)=O. The number of halogens is 2. The van der Waals surface area contributed by atoms with Crippen molar-refractivity contribution in [2.45, 2.75) is 18.6 Å². The first-order valence-electron chi connectivity index (χ1n) is 5.52. The van der Waals surface area contributed by atoms with Crippen LogP contribution in [0.4, 0.5) is 20.2 Å². The molecule has 0 aromatic heterocycles. The zero-order valence-corrected chi connectivity index (χ0v) is 11.9. The molecule has 0 radical (unpaired) electrons. The quantitative estimate of drug-likeness (QED) is 0.664. The molecule has 1 N–H and O–H groups in total. The molecule has 0 aliphatic carbocycles. The molecule has 0 bridgehead atoms. The number of hydrogen-bond donors (Lipinski definition) is 1. The van der Waals surface area contributed by atoms with Crippen LogP contribution in [0.1, 0.15) is 13.8 Å². The maximum Gasteiger partial charge on any atom is 0.275 e. The van der Waals surface area contributed by atoms with E-state index < -0.39 is 42.5 Å². The minimum atomic E-state index is -3.44. The Hall–Kier alpha value is -1.77. The molecule has 0 amide bonds. The van der Waals surface area contributed by atoms with Crippen molar-refractivity contribution in [2.24, 2.45) is 0 Å². The number of nitrogens with zero attached hydrogens (tertiary/aromatic N) is 1. The summed E-state index contributed by atoms with van der Waals surface area (Å²) < 4.78 is 48.9. The monoisotopic (exact) mass is 308 g/mol. The van der Waals surface area contributed by atoms with Crippen molar-refractivity contribution < 1.29 is 22.1 Å². The third kappa shape index (κ3) is 3.41. The molecule has 1 aromatic carbocycles. The van der Waals surface area contributed by atoms with Crippen molar-refractivity contribution >= 4 is 21.2 Å². The standard InChI is InChI=1S/C11H14F2N2O4S/c1-11(2,20(3,18)19)6-14-10-8(12)4-7(15(16)17)5-9(10)13/h4-5,14H,6H2,1-3H3. The van der Waals surface area contributed by atoms with Crippen LogP contribution >= 0.6 is 0 Å². The van der Waals surface area contributed by atoms with Crippen molar-refractivity contribution in [2.75, 3.05) is 18.1 Å². The van der Waals surface area contributed by atoms with Gasteiger partial charge in [0.05, 0.1) is 21.8 Å². The van der Waals surface area contributed by atoms with Gasteiger partial charge in [-0.25, -0.2) is 17.2 Å². The Morgan fingerprint density at radius 3 is 2.10 bits per heavy atom. The molecule has 0 saturated heterocycles. The molecule has 0 atom stereocenters. The fraction of sp³-hybridized carbons (Fsp3) is 0.455. The van der Waals surface area contributed by atoms with Crippen LogP contribution in [0.2, 0.25) is 0 Å². The molecule has 0 fully saturated rings. The summed E-state index contributed by atoms with van der Waals surface area (Å²) in [5, 5.41) is 12.8. The van der Waals surface area contributed by atoms with E-state index >= 15 is 0 Å². The number of benzene rings is 1. The van der Waals surface area contributed by atoms with E-state index in [0.29, 0.717) is 12.1 Å². The topological polar surface area (TPSA) is 89.3 Å². The van der Waals surface area contributed by atoms with Crippen LogP contribution in [0, 0.1) is 21.7 Å². The lowest BCUT2D eigenvalue weighted by atomic mass is 10.2. The van der Waals surface area contributed by atoms with Crippen molar-refractivity contribution in [1.29, 1.82) is 0 Å². The first-order chi connectivity index (χ1) is 8.95. The molecular formula is C11H14F2N2O4S. The van der Waals surface area contributed by atoms with Crippen LogP contribution in [0.25, 0.3) is 0 Å². The number of sulfone groups is 1. The van der Waals surface area contributed by atoms with Crippen LogP contribution < -0.4 is 5.32 Å². The van der Waals surface area contributed by atoms with Gasteiger partial charge >= 0.3 is 0 Å². The highest BCUT2D eigenvalue weighted by molar-refractivity contribution is 7.92. The minimum Gasteiger partial charge on any atom is -0.379 e. The fourth-order valence-electron chi connectivity index (χ4n) is 1.27. The summed E-state index contributed by atoms with van der Waals surface area (Å²) in [5.74, 6) is -2.30. The normalized spacial score (nSPS) is 12.2. The second-order valence-corrected chi connectivity index (χ2v) is 7.58. The highest BCUT2D eigenvalue weighted by Crippen LogP contribution is 2.26. The minimum absolute atomic E-state index is 0.239. The van der Waals surface area contributed by atoms with Crippen molar-refractivity contribution in [3.05, 3.63) is 33.9 Å². The van der Waals surface area contributed by atoms with Crippen molar-refractivity contribution in [1.82, 2.24) is 0 Å². The molecule has 0 spiro atoms. The van der Waals surface area contributed by atoms with Crippen LogP contribution in [0.3, 0.4) is 0 Å². The molecule has 0 aliphatic heterocycles. The summed E-state index contributed by atoms with van der Waals surface area (Å²) in [5.41, 5.74) is -1.31. The first kappa shape index (κ1) is 16.3. The van der Waals surface area contributed by atoms with Crippen LogP contribution in [0.5, 0.6) is 0 Å². The lowest BCUT2D eigenvalue weighted by molar-refractivity contribution is -0.385. The molecule has 1 rings (SSSR count). The number of nitro groups is 1. The van der Waals surface area contributed by atoms with E-state index in [2.05, 4.69) is 5.32 Å². The predicted octanol–water partition coefficient (Wildman–Crippen LogP) is 2.11. The number of non-ortho nitro benzene ring substituents is 1. The highest BCUT2D eigenvalue weighted by Gasteiger charge is 2.30. The summed E-state index contributed by atoms with van der Waals surface area (Å²) in [6, 6.07) is 1.14. The van der Waals surface area contributed by atoms with E-state index in [-0.39, 0.29) is 6.54 Å². The Morgan fingerprint density at radius 1 is 1.30 bits per heavy atom. The lowest BCUT2D eigenvalue weighted by Gasteiger charge is -2.23. The summed E-state index contributed by atoms with van der Waals surface area (Å²) in [6.45, 7) is 2.56. The average Bonchev–Trinajstić information content (AvgIpc) is 2.25. The number of hydrogen-bond acceptors (Lipinski definition) is 5. The van der Waals surface area contributed by atoms with Gasteiger partial charge in [0.2, 0.25) is 0 Å². The van der Waals surface area contributed by atoms with Crippen LogP contribution in [-0.2, 0) is 9.84 Å². The zero-order chi connectivity index (χ0) is 15.7. The molecule has 1 aromatic rings. The second kappa shape index (κ2) is 5.31. The van der Waals surface area contributed by atoms with E-state index in [4.69, 9.17) is 0 Å². The molecule has 112 valence electrons. The maximum absolute atomic E-state index is 13.6. The Bertz CT molecular complexity index is 621. The van der Waals surface area contributed by atoms with Gasteiger partial charge in [0, 0.05) is 12.8 Å². The summed E-state index contributed by atoms with van der Waals surface area (Å²) >= 11 is 0. The van der Waals surface area contributed by atoms with E-state index in [1.165, 1.54) is 13.8 Å². The van der Waals surface area contributed by atoms with Gasteiger partial charge in [-0.3, -0.25) is 10.1 Å². The van der Waals surface area contributed by atoms with Gasteiger partial charge in [-0.05, 0) is 13.8 Å².